The van der Waals surface area contributed by atoms with Gasteiger partial charge in [0.15, 0.2) is 11.7 Å². The summed E-state index contributed by atoms with van der Waals surface area (Å²) in [6.45, 7) is 0.619. The fraction of sp³-hybridized carbons (Fsp3) is 0.351. The minimum absolute atomic E-state index is 0.0299. The van der Waals surface area contributed by atoms with Gasteiger partial charge in [-0.25, -0.2) is 36.4 Å². The highest BCUT2D eigenvalue weighted by molar-refractivity contribution is 7.89. The number of hydrogen-bond acceptors (Lipinski definition) is 13. The van der Waals surface area contributed by atoms with Crippen LogP contribution in [0.2, 0.25) is 0 Å². The minimum Gasteiger partial charge on any atom is -0.445 e. The SMILES string of the molecule is N/C(=N\O)C1CCCCN1S(=O)(=O)c1nc2ccccc2[nH]1.N/C(=N\OC(=O)CCNC(=O)OCc1ccccc1)C1CCCCN1S(=O)(=O)c1nc2ccccc2[nH]1. The Morgan fingerprint density at radius 3 is 1.80 bits per heavy atom. The van der Waals surface area contributed by atoms with Gasteiger partial charge in [-0.05, 0) is 55.5 Å². The van der Waals surface area contributed by atoms with E-state index in [2.05, 4.69) is 35.6 Å². The standard InChI is InChI=1S/C24H28N6O6S.C13H17N5O3S/c25-22(29-36-21(31)13-14-26-24(32)35-16-17-8-2-1-3-9-17)20-12-6-7-15-30(20)37(33,34)23-27-18-10-4-5-11-19(18)28-23;14-12(17-19)11-7-3-4-8-18(11)22(20,21)13-15-9-5-1-2-6-10(9)16-13/h1-5,8-11,20H,6-7,12-16H2,(H2,25,29)(H,26,32)(H,27,28);1-2,5-6,11,19H,3-4,7-8H2,(H2,14,17)(H,15,16). The minimum atomic E-state index is -4.00. The van der Waals surface area contributed by atoms with E-state index in [-0.39, 0.29) is 48.1 Å². The molecule has 2 fully saturated rings. The predicted molar refractivity (Wildman–Crippen MR) is 216 cm³/mol. The topological polar surface area (TPSA) is 294 Å². The summed E-state index contributed by atoms with van der Waals surface area (Å²) >= 11 is 0. The number of rotatable bonds is 12. The number of nitrogens with two attached hydrogens (primary N) is 2. The van der Waals surface area contributed by atoms with E-state index in [0.717, 1.165) is 24.8 Å². The number of sulfonamides is 2. The number of amides is 1. The zero-order valence-electron chi connectivity index (χ0n) is 31.8. The number of alkyl carbamates (subject to hydrolysis) is 1. The largest absolute Gasteiger partial charge is 0.445 e. The molecule has 4 heterocycles. The maximum absolute atomic E-state index is 13.3. The van der Waals surface area contributed by atoms with Crippen molar-refractivity contribution >= 4 is 65.8 Å². The Hall–Kier alpha value is -6.10. The van der Waals surface area contributed by atoms with Crippen LogP contribution in [-0.2, 0) is 41.0 Å². The number of H-pyrrole nitrogens is 2. The number of benzene rings is 3. The molecule has 20 nitrogen and oxygen atoms in total. The molecule has 2 aliphatic rings. The first kappa shape index (κ1) is 42.5. The van der Waals surface area contributed by atoms with Crippen LogP contribution in [0.1, 0.15) is 50.5 Å². The number of ether oxygens (including phenoxy) is 1. The molecule has 314 valence electrons. The zero-order chi connectivity index (χ0) is 42.0. The molecule has 2 atom stereocenters. The van der Waals surface area contributed by atoms with Crippen molar-refractivity contribution in [1.29, 1.82) is 0 Å². The number of nitrogens with zero attached hydrogens (tertiary/aromatic N) is 6. The summed E-state index contributed by atoms with van der Waals surface area (Å²) in [5, 5.41) is 17.7. The van der Waals surface area contributed by atoms with E-state index < -0.39 is 44.2 Å². The first-order chi connectivity index (χ1) is 28.4. The van der Waals surface area contributed by atoms with Crippen molar-refractivity contribution in [2.45, 2.75) is 73.9 Å². The van der Waals surface area contributed by atoms with Gasteiger partial charge in [-0.3, -0.25) is 0 Å². The molecule has 2 aromatic heterocycles. The second-order valence-electron chi connectivity index (χ2n) is 13.6. The van der Waals surface area contributed by atoms with Gasteiger partial charge in [-0.1, -0.05) is 77.8 Å². The molecule has 59 heavy (non-hydrogen) atoms. The molecule has 0 aliphatic carbocycles. The summed E-state index contributed by atoms with van der Waals surface area (Å²) in [7, 11) is -7.84. The molecule has 8 N–H and O–H groups in total. The van der Waals surface area contributed by atoms with E-state index in [0.29, 0.717) is 47.9 Å². The van der Waals surface area contributed by atoms with Crippen LogP contribution in [0, 0.1) is 0 Å². The molecule has 7 rings (SSSR count). The van der Waals surface area contributed by atoms with Crippen molar-refractivity contribution in [3.05, 3.63) is 84.4 Å². The van der Waals surface area contributed by atoms with Gasteiger partial charge < -0.3 is 41.5 Å². The number of nitrogens with one attached hydrogen (secondary N) is 3. The van der Waals surface area contributed by atoms with Crippen LogP contribution in [-0.4, -0.2) is 106 Å². The molecule has 22 heteroatoms. The molecule has 5 aromatic rings. The lowest BCUT2D eigenvalue weighted by Gasteiger charge is -2.32. The smallest absolute Gasteiger partial charge is 0.407 e. The molecule has 2 unspecified atom stereocenters. The van der Waals surface area contributed by atoms with Gasteiger partial charge in [0.2, 0.25) is 10.3 Å². The maximum atomic E-state index is 13.3. The Balaban J connectivity index is 0.000000226. The fourth-order valence-electron chi connectivity index (χ4n) is 6.62. The molecule has 0 saturated carbocycles. The van der Waals surface area contributed by atoms with Crippen LogP contribution < -0.4 is 16.8 Å². The third kappa shape index (κ3) is 10.3. The zero-order valence-corrected chi connectivity index (χ0v) is 33.4. The second kappa shape index (κ2) is 19.1. The number of hydrogen-bond donors (Lipinski definition) is 6. The van der Waals surface area contributed by atoms with Gasteiger partial charge in [0.05, 0.1) is 40.6 Å². The maximum Gasteiger partial charge on any atom is 0.407 e. The van der Waals surface area contributed by atoms with Crippen LogP contribution in [0.3, 0.4) is 0 Å². The molecule has 1 amide bonds. The van der Waals surface area contributed by atoms with E-state index in [9.17, 15) is 26.4 Å². The second-order valence-corrected chi connectivity index (χ2v) is 17.2. The number of para-hydroxylation sites is 4. The average Bonchev–Trinajstić information content (AvgIpc) is 3.92. The Morgan fingerprint density at radius 2 is 1.27 bits per heavy atom. The van der Waals surface area contributed by atoms with Crippen molar-refractivity contribution in [2.24, 2.45) is 21.8 Å². The molecule has 0 spiro atoms. The molecule has 0 bridgehead atoms. The van der Waals surface area contributed by atoms with E-state index in [1.165, 1.54) is 8.61 Å². The highest BCUT2D eigenvalue weighted by Crippen LogP contribution is 2.27. The normalized spacial score (nSPS) is 18.5. The van der Waals surface area contributed by atoms with Gasteiger partial charge in [0.25, 0.3) is 20.0 Å². The van der Waals surface area contributed by atoms with Gasteiger partial charge in [-0.15, -0.1) is 0 Å². The quantitative estimate of drug-likeness (QED) is 0.0346. The van der Waals surface area contributed by atoms with Crippen LogP contribution in [0.15, 0.2) is 99.5 Å². The monoisotopic (exact) mass is 851 g/mol. The van der Waals surface area contributed by atoms with E-state index in [1.807, 2.05) is 30.3 Å². The third-order valence-corrected chi connectivity index (χ3v) is 13.1. The Bertz CT molecular complexity index is 2460. The van der Waals surface area contributed by atoms with Crippen LogP contribution in [0.25, 0.3) is 22.1 Å². The summed E-state index contributed by atoms with van der Waals surface area (Å²) in [6.07, 6.45) is 3.03. The molecule has 2 saturated heterocycles. The molecular formula is C37H45N11O9S2. The Morgan fingerprint density at radius 1 is 0.763 bits per heavy atom. The third-order valence-electron chi connectivity index (χ3n) is 9.61. The lowest BCUT2D eigenvalue weighted by atomic mass is 10.0. The number of oxime groups is 2. The number of amidine groups is 2. The Kier molecular flexibility index (Phi) is 13.8. The van der Waals surface area contributed by atoms with E-state index in [4.69, 9.17) is 26.2 Å². The highest BCUT2D eigenvalue weighted by Gasteiger charge is 2.39. The summed E-state index contributed by atoms with van der Waals surface area (Å²) < 4.78 is 59.8. The van der Waals surface area contributed by atoms with Gasteiger partial charge in [-0.2, -0.15) is 8.61 Å². The number of imidazole rings is 2. The number of carbonyl (C=O) groups is 2. The fourth-order valence-corrected chi connectivity index (χ4v) is 9.80. The van der Waals surface area contributed by atoms with Gasteiger partial charge in [0, 0.05) is 19.6 Å². The Labute approximate surface area is 339 Å². The van der Waals surface area contributed by atoms with Crippen molar-refractivity contribution in [3.8, 4) is 0 Å². The molecular weight excluding hydrogens is 807 g/mol. The summed E-state index contributed by atoms with van der Waals surface area (Å²) in [4.78, 5) is 42.7. The number of fused-ring (bicyclic) bond motifs is 2. The first-order valence-electron chi connectivity index (χ1n) is 18.8. The van der Waals surface area contributed by atoms with Crippen LogP contribution >= 0.6 is 0 Å². The summed E-state index contributed by atoms with van der Waals surface area (Å²) in [5.74, 6) is -0.976. The molecule has 2 aliphatic heterocycles. The first-order valence-corrected chi connectivity index (χ1v) is 21.6. The lowest BCUT2D eigenvalue weighted by Crippen LogP contribution is -2.50. The number of piperidine rings is 2. The predicted octanol–water partition coefficient (Wildman–Crippen LogP) is 3.09. The van der Waals surface area contributed by atoms with Crippen molar-refractivity contribution in [3.63, 3.8) is 0 Å². The van der Waals surface area contributed by atoms with Gasteiger partial charge in [0.1, 0.15) is 6.61 Å². The molecule has 3 aromatic carbocycles. The van der Waals surface area contributed by atoms with Gasteiger partial charge >= 0.3 is 12.1 Å². The van der Waals surface area contributed by atoms with Crippen molar-refractivity contribution < 1.29 is 41.2 Å². The average molecular weight is 852 g/mol. The molecule has 0 radical (unpaired) electrons. The lowest BCUT2D eigenvalue weighted by molar-refractivity contribution is -0.143. The highest BCUT2D eigenvalue weighted by atomic mass is 32.2. The van der Waals surface area contributed by atoms with E-state index in [1.54, 1.807) is 48.5 Å². The van der Waals surface area contributed by atoms with E-state index >= 15 is 0 Å². The van der Waals surface area contributed by atoms with Crippen LogP contribution in [0.5, 0.6) is 0 Å². The number of carbonyl (C=O) groups excluding carboxylic acids is 2. The van der Waals surface area contributed by atoms with Crippen LogP contribution in [0.4, 0.5) is 4.79 Å². The van der Waals surface area contributed by atoms with Crippen molar-refractivity contribution in [2.75, 3.05) is 19.6 Å². The summed E-state index contributed by atoms with van der Waals surface area (Å²) in [5.41, 5.74) is 14.9. The summed E-state index contributed by atoms with van der Waals surface area (Å²) in [6, 6.07) is 21.8. The number of aromatic nitrogens is 4. The number of aromatic amines is 2. The van der Waals surface area contributed by atoms with Crippen molar-refractivity contribution in [1.82, 2.24) is 33.9 Å².